The number of hydrogen-bond donors (Lipinski definition) is 6. The van der Waals surface area contributed by atoms with Crippen molar-refractivity contribution in [2.45, 2.75) is 88.7 Å². The normalized spacial score (nSPS) is 50.9. The molecule has 0 amide bonds. The van der Waals surface area contributed by atoms with Gasteiger partial charge in [0.05, 0.1) is 11.5 Å². The summed E-state index contributed by atoms with van der Waals surface area (Å²) in [5.41, 5.74) is -11.0. The number of nitrogens with zero attached hydrogens (tertiary/aromatic N) is 1. The van der Waals surface area contributed by atoms with Gasteiger partial charge in [-0.3, -0.25) is 4.79 Å². The third kappa shape index (κ3) is 2.35. The van der Waals surface area contributed by atoms with Crippen molar-refractivity contribution >= 4 is 17.5 Å². The zero-order valence-corrected chi connectivity index (χ0v) is 21.0. The molecule has 2 saturated heterocycles. The number of ketones is 1. The maximum Gasteiger partial charge on any atom is 0.355 e. The highest BCUT2D eigenvalue weighted by molar-refractivity contribution is 6.08. The quantitative estimate of drug-likeness (QED) is 0.196. The molecular weight excluding hydrogens is 472 g/mol. The molecule has 0 aromatic carbocycles. The van der Waals surface area contributed by atoms with Crippen LogP contribution in [0.4, 0.5) is 0 Å². The van der Waals surface area contributed by atoms with Crippen LogP contribution in [0.5, 0.6) is 0 Å². The Labute approximate surface area is 208 Å². The first-order valence-corrected chi connectivity index (χ1v) is 12.3. The number of aliphatic hydroxyl groups excluding tert-OH is 1. The molecule has 36 heavy (non-hydrogen) atoms. The number of hydrogen-bond acceptors (Lipinski definition) is 10. The fourth-order valence-electron chi connectivity index (χ4n) is 7.75. The van der Waals surface area contributed by atoms with E-state index in [9.17, 15) is 35.2 Å². The number of ether oxygens (including phenoxy) is 2. The smallest absolute Gasteiger partial charge is 0.355 e. The molecule has 4 aliphatic rings. The molecule has 6 N–H and O–H groups in total. The van der Waals surface area contributed by atoms with Crippen LogP contribution in [-0.4, -0.2) is 82.9 Å². The summed E-state index contributed by atoms with van der Waals surface area (Å²) >= 11 is 0. The Morgan fingerprint density at radius 2 is 1.94 bits per heavy atom. The summed E-state index contributed by atoms with van der Waals surface area (Å²) in [6.45, 7) is 7.64. The second-order valence-electron chi connectivity index (χ2n) is 11.7. The molecule has 0 radical (unpaired) electrons. The first-order valence-electron chi connectivity index (χ1n) is 12.3. The lowest BCUT2D eigenvalue weighted by Gasteiger charge is -2.62. The standard InChI is InChI=1S/C25H34N2O9/c1-12(2)24(33)17(35-18(29)14-7-6-10-26-14)15(27-34)20(4)11-23(32)21(24,5)19(30)25(36-23)16(28)13(3)8-9-22(20,25)31/h6-7,10,12-13,16-17,26,28,31-34H,8-9,11H2,1-5H3/b27-15-/t13-,16+,17-,20+,21-,22-,23-,24+,25-/m0/s1. The lowest BCUT2D eigenvalue weighted by molar-refractivity contribution is -0.382. The highest BCUT2D eigenvalue weighted by atomic mass is 16.7. The van der Waals surface area contributed by atoms with Crippen LogP contribution in [-0.2, 0) is 14.3 Å². The minimum atomic E-state index is -2.40. The van der Waals surface area contributed by atoms with Gasteiger partial charge in [0.2, 0.25) is 0 Å². The van der Waals surface area contributed by atoms with Crippen molar-refractivity contribution in [1.82, 2.24) is 4.98 Å². The van der Waals surface area contributed by atoms with Crippen LogP contribution < -0.4 is 0 Å². The molecule has 5 rings (SSSR count). The van der Waals surface area contributed by atoms with Crippen LogP contribution in [0.1, 0.15) is 64.4 Å². The molecule has 2 aliphatic heterocycles. The van der Waals surface area contributed by atoms with Crippen molar-refractivity contribution in [1.29, 1.82) is 0 Å². The largest absolute Gasteiger partial charge is 0.448 e. The van der Waals surface area contributed by atoms with E-state index in [-0.39, 0.29) is 17.8 Å². The molecule has 4 fully saturated rings. The predicted octanol–water partition coefficient (Wildman–Crippen LogP) is 0.736. The Kier molecular flexibility index (Phi) is 5.04. The lowest BCUT2D eigenvalue weighted by atomic mass is 9.48. The van der Waals surface area contributed by atoms with Crippen LogP contribution in [0.3, 0.4) is 0 Å². The Bertz CT molecular complexity index is 1150. The van der Waals surface area contributed by atoms with Crippen LogP contribution in [0, 0.1) is 22.7 Å². The molecule has 3 heterocycles. The molecular formula is C25H34N2O9. The highest BCUT2D eigenvalue weighted by Crippen LogP contribution is 2.73. The summed E-state index contributed by atoms with van der Waals surface area (Å²) < 4.78 is 11.9. The first-order chi connectivity index (χ1) is 16.6. The summed E-state index contributed by atoms with van der Waals surface area (Å²) in [6.07, 6.45) is -1.95. The van der Waals surface area contributed by atoms with Crippen molar-refractivity contribution < 1.29 is 44.7 Å². The van der Waals surface area contributed by atoms with Crippen molar-refractivity contribution in [3.8, 4) is 0 Å². The van der Waals surface area contributed by atoms with Gasteiger partial charge in [-0.1, -0.05) is 32.9 Å². The number of carbonyl (C=O) groups excluding carboxylic acids is 2. The number of aliphatic hydroxyl groups is 4. The van der Waals surface area contributed by atoms with Gasteiger partial charge in [-0.25, -0.2) is 4.79 Å². The minimum Gasteiger partial charge on any atom is -0.448 e. The van der Waals surface area contributed by atoms with E-state index in [1.54, 1.807) is 26.8 Å². The molecule has 11 nitrogen and oxygen atoms in total. The zero-order valence-electron chi connectivity index (χ0n) is 21.0. The average molecular weight is 507 g/mol. The third-order valence-electron chi connectivity index (χ3n) is 9.99. The van der Waals surface area contributed by atoms with E-state index in [0.717, 1.165) is 0 Å². The summed E-state index contributed by atoms with van der Waals surface area (Å²) in [5, 5.41) is 62.1. The lowest BCUT2D eigenvalue weighted by Crippen LogP contribution is -2.80. The topological polar surface area (TPSA) is 182 Å². The number of carbonyl (C=O) groups is 2. The van der Waals surface area contributed by atoms with Gasteiger partial charge in [-0.15, -0.1) is 0 Å². The summed E-state index contributed by atoms with van der Waals surface area (Å²) in [4.78, 5) is 30.4. The van der Waals surface area contributed by atoms with E-state index >= 15 is 0 Å². The van der Waals surface area contributed by atoms with Gasteiger partial charge in [0.1, 0.15) is 28.0 Å². The molecule has 9 atom stereocenters. The second kappa shape index (κ2) is 7.16. The molecule has 198 valence electrons. The molecule has 3 bridgehead atoms. The van der Waals surface area contributed by atoms with Crippen LogP contribution in [0.25, 0.3) is 0 Å². The SMILES string of the molecule is CC(C)[C@@]1(O)[C@@H](OC(=O)c2ccc[nH]2)/C(=N/O)[C@@]2(C)C[C@]3(O)O[C@]4(C(=O)[C@]13C)[C@H](O)[C@@H](C)CC[C@@]42O. The maximum atomic E-state index is 14.5. The van der Waals surface area contributed by atoms with E-state index < -0.39 is 75.6 Å². The van der Waals surface area contributed by atoms with E-state index in [1.807, 2.05) is 0 Å². The molecule has 2 aliphatic carbocycles. The van der Waals surface area contributed by atoms with E-state index in [1.165, 1.54) is 26.1 Å². The van der Waals surface area contributed by atoms with Gasteiger partial charge in [0.25, 0.3) is 0 Å². The number of esters is 1. The van der Waals surface area contributed by atoms with Gasteiger partial charge in [0.15, 0.2) is 23.3 Å². The monoisotopic (exact) mass is 506 g/mol. The number of nitrogens with one attached hydrogen (secondary N) is 1. The highest BCUT2D eigenvalue weighted by Gasteiger charge is 2.92. The van der Waals surface area contributed by atoms with E-state index in [2.05, 4.69) is 10.1 Å². The van der Waals surface area contributed by atoms with Gasteiger partial charge in [0, 0.05) is 12.6 Å². The molecule has 1 aromatic heterocycles. The van der Waals surface area contributed by atoms with Crippen molar-refractivity contribution in [3.05, 3.63) is 24.0 Å². The number of aromatic amines is 1. The number of rotatable bonds is 3. The van der Waals surface area contributed by atoms with Crippen LogP contribution in [0.2, 0.25) is 0 Å². The third-order valence-corrected chi connectivity index (χ3v) is 9.99. The molecule has 0 unspecified atom stereocenters. The number of Topliss-reactive ketones (excluding diaryl/α,β-unsaturated/α-hetero) is 1. The fourth-order valence-corrected chi connectivity index (χ4v) is 7.75. The van der Waals surface area contributed by atoms with Crippen molar-refractivity contribution in [3.63, 3.8) is 0 Å². The molecule has 2 saturated carbocycles. The Morgan fingerprint density at radius 1 is 1.28 bits per heavy atom. The van der Waals surface area contributed by atoms with Gasteiger partial charge in [-0.2, -0.15) is 0 Å². The second-order valence-corrected chi connectivity index (χ2v) is 11.7. The first kappa shape index (κ1) is 25.3. The van der Waals surface area contributed by atoms with Gasteiger partial charge < -0.3 is 40.1 Å². The maximum absolute atomic E-state index is 14.5. The number of H-pyrrole nitrogens is 1. The number of oxime groups is 1. The summed E-state index contributed by atoms with van der Waals surface area (Å²) in [7, 11) is 0. The zero-order chi connectivity index (χ0) is 26.7. The molecule has 1 spiro atoms. The van der Waals surface area contributed by atoms with Gasteiger partial charge in [-0.05, 0) is 43.7 Å². The van der Waals surface area contributed by atoms with Crippen LogP contribution in [0.15, 0.2) is 23.5 Å². The predicted molar refractivity (Wildman–Crippen MR) is 123 cm³/mol. The fraction of sp³-hybridized carbons (Fsp3) is 0.720. The van der Waals surface area contributed by atoms with Crippen LogP contribution >= 0.6 is 0 Å². The van der Waals surface area contributed by atoms with E-state index in [0.29, 0.717) is 6.42 Å². The Morgan fingerprint density at radius 3 is 2.50 bits per heavy atom. The molecule has 11 heteroatoms. The van der Waals surface area contributed by atoms with Gasteiger partial charge >= 0.3 is 5.97 Å². The Balaban J connectivity index is 1.84. The summed E-state index contributed by atoms with van der Waals surface area (Å²) in [6, 6.07) is 3.02. The number of fused-ring (bicyclic) bond motifs is 2. The minimum absolute atomic E-state index is 0.0317. The van der Waals surface area contributed by atoms with Crippen molar-refractivity contribution in [2.75, 3.05) is 0 Å². The number of aromatic nitrogens is 1. The summed E-state index contributed by atoms with van der Waals surface area (Å²) in [5.74, 6) is -5.51. The van der Waals surface area contributed by atoms with Crippen molar-refractivity contribution in [2.24, 2.45) is 27.8 Å². The Hall–Kier alpha value is -2.31. The van der Waals surface area contributed by atoms with E-state index in [4.69, 9.17) is 9.47 Å². The molecule has 1 aromatic rings. The average Bonchev–Trinajstić information content (AvgIpc) is 3.40.